The first-order chi connectivity index (χ1) is 12.1. The van der Waals surface area contributed by atoms with E-state index in [1.54, 1.807) is 13.3 Å². The summed E-state index contributed by atoms with van der Waals surface area (Å²) in [6.45, 7) is 2.07. The molecule has 0 atom stereocenters. The van der Waals surface area contributed by atoms with Gasteiger partial charge in [0, 0.05) is 18.5 Å². The summed E-state index contributed by atoms with van der Waals surface area (Å²) in [7, 11) is 3.61. The van der Waals surface area contributed by atoms with Crippen molar-refractivity contribution in [1.29, 1.82) is 0 Å². The van der Waals surface area contributed by atoms with E-state index < -0.39 is 0 Å². The summed E-state index contributed by atoms with van der Waals surface area (Å²) in [6.07, 6.45) is 1.72. The van der Waals surface area contributed by atoms with Gasteiger partial charge < -0.3 is 14.6 Å². The van der Waals surface area contributed by atoms with Crippen LogP contribution >= 0.6 is 11.3 Å². The van der Waals surface area contributed by atoms with Crippen molar-refractivity contribution in [3.63, 3.8) is 0 Å². The van der Waals surface area contributed by atoms with Gasteiger partial charge >= 0.3 is 0 Å². The number of rotatable bonds is 4. The molecule has 6 nitrogen and oxygen atoms in total. The highest BCUT2D eigenvalue weighted by Gasteiger charge is 2.13. The molecular formula is C18H17N5OS. The van der Waals surface area contributed by atoms with E-state index in [4.69, 9.17) is 9.72 Å². The molecule has 0 saturated carbocycles. The Hall–Kier alpha value is -2.93. The van der Waals surface area contributed by atoms with Crippen LogP contribution in [0.4, 0.5) is 10.8 Å². The predicted molar refractivity (Wildman–Crippen MR) is 101 cm³/mol. The maximum Gasteiger partial charge on any atom is 0.213 e. The normalized spacial score (nSPS) is 11.0. The van der Waals surface area contributed by atoms with Gasteiger partial charge in [-0.15, -0.1) is 11.3 Å². The molecule has 0 bridgehead atoms. The second kappa shape index (κ2) is 6.18. The van der Waals surface area contributed by atoms with Gasteiger partial charge in [0.05, 0.1) is 30.0 Å². The summed E-state index contributed by atoms with van der Waals surface area (Å²) in [5.41, 5.74) is 5.00. The van der Waals surface area contributed by atoms with E-state index in [2.05, 4.69) is 45.0 Å². The zero-order valence-electron chi connectivity index (χ0n) is 14.1. The number of aromatic nitrogens is 4. The molecule has 0 saturated heterocycles. The van der Waals surface area contributed by atoms with Crippen molar-refractivity contribution in [1.82, 2.24) is 19.5 Å². The first-order valence-corrected chi connectivity index (χ1v) is 8.68. The Morgan fingerprint density at radius 3 is 2.80 bits per heavy atom. The average Bonchev–Trinajstić information content (AvgIpc) is 3.20. The third kappa shape index (κ3) is 2.94. The molecule has 4 rings (SSSR count). The largest absolute Gasteiger partial charge is 0.481 e. The number of benzene rings is 1. The second-order valence-electron chi connectivity index (χ2n) is 5.74. The molecule has 0 radical (unpaired) electrons. The summed E-state index contributed by atoms with van der Waals surface area (Å²) < 4.78 is 7.14. The Bertz CT molecular complexity index is 1040. The number of hydrogen-bond donors (Lipinski definition) is 1. The topological polar surface area (TPSA) is 64.9 Å². The van der Waals surface area contributed by atoms with Gasteiger partial charge in [-0.2, -0.15) is 0 Å². The van der Waals surface area contributed by atoms with Crippen LogP contribution in [0, 0.1) is 6.92 Å². The number of imidazole rings is 1. The summed E-state index contributed by atoms with van der Waals surface area (Å²) in [6, 6.07) is 10.00. The van der Waals surface area contributed by atoms with Gasteiger partial charge in [-0.05, 0) is 30.7 Å². The smallest absolute Gasteiger partial charge is 0.213 e. The highest BCUT2D eigenvalue weighted by Crippen LogP contribution is 2.29. The Morgan fingerprint density at radius 2 is 2.04 bits per heavy atom. The third-order valence-electron chi connectivity index (χ3n) is 3.97. The minimum atomic E-state index is 0.584. The monoisotopic (exact) mass is 351 g/mol. The Kier molecular flexibility index (Phi) is 3.85. The summed E-state index contributed by atoms with van der Waals surface area (Å²) in [5.74, 6) is 1.44. The van der Waals surface area contributed by atoms with Gasteiger partial charge in [0.2, 0.25) is 5.88 Å². The van der Waals surface area contributed by atoms with Crippen LogP contribution < -0.4 is 10.1 Å². The van der Waals surface area contributed by atoms with Crippen LogP contribution in [0.5, 0.6) is 5.88 Å². The van der Waals surface area contributed by atoms with E-state index in [1.165, 1.54) is 16.9 Å². The minimum absolute atomic E-state index is 0.584. The van der Waals surface area contributed by atoms with Crippen molar-refractivity contribution in [3.05, 3.63) is 47.5 Å². The lowest BCUT2D eigenvalue weighted by Gasteiger charge is -2.03. The number of fused-ring (bicyclic) bond motifs is 1. The summed E-state index contributed by atoms with van der Waals surface area (Å²) in [5, 5.41) is 6.06. The number of anilines is 2. The molecule has 4 aromatic rings. The van der Waals surface area contributed by atoms with Crippen LogP contribution in [0.1, 0.15) is 5.56 Å². The molecular weight excluding hydrogens is 334 g/mol. The van der Waals surface area contributed by atoms with E-state index in [1.807, 2.05) is 24.6 Å². The maximum absolute atomic E-state index is 5.07. The molecule has 3 aromatic heterocycles. The van der Waals surface area contributed by atoms with Crippen molar-refractivity contribution in [2.75, 3.05) is 12.4 Å². The molecule has 1 N–H and O–H groups in total. The molecule has 25 heavy (non-hydrogen) atoms. The molecule has 0 fully saturated rings. The lowest BCUT2D eigenvalue weighted by atomic mass is 10.2. The predicted octanol–water partition coefficient (Wildman–Crippen LogP) is 4.15. The number of hydrogen-bond acceptors (Lipinski definition) is 6. The zero-order valence-corrected chi connectivity index (χ0v) is 15.0. The van der Waals surface area contributed by atoms with Crippen LogP contribution in [0.15, 0.2) is 41.9 Å². The fourth-order valence-corrected chi connectivity index (χ4v) is 3.38. The van der Waals surface area contributed by atoms with E-state index in [9.17, 15) is 0 Å². The number of pyridine rings is 1. The van der Waals surface area contributed by atoms with E-state index in [0.29, 0.717) is 5.88 Å². The Morgan fingerprint density at radius 1 is 1.16 bits per heavy atom. The van der Waals surface area contributed by atoms with Gasteiger partial charge in [-0.25, -0.2) is 15.0 Å². The summed E-state index contributed by atoms with van der Waals surface area (Å²) >= 11 is 1.54. The fraction of sp³-hybridized carbons (Fsp3) is 0.167. The summed E-state index contributed by atoms with van der Waals surface area (Å²) in [4.78, 5) is 13.6. The third-order valence-corrected chi connectivity index (χ3v) is 4.72. The van der Waals surface area contributed by atoms with Crippen molar-refractivity contribution in [2.24, 2.45) is 7.05 Å². The molecule has 1 aromatic carbocycles. The molecule has 0 aliphatic heterocycles. The van der Waals surface area contributed by atoms with E-state index in [0.717, 1.165) is 33.4 Å². The number of ether oxygens (including phenoxy) is 1. The minimum Gasteiger partial charge on any atom is -0.481 e. The number of thiazole rings is 1. The van der Waals surface area contributed by atoms with E-state index >= 15 is 0 Å². The quantitative estimate of drug-likeness (QED) is 0.598. The molecule has 0 amide bonds. The van der Waals surface area contributed by atoms with Crippen LogP contribution in [0.3, 0.4) is 0 Å². The lowest BCUT2D eigenvalue weighted by molar-refractivity contribution is 0.398. The highest BCUT2D eigenvalue weighted by atomic mass is 32.1. The highest BCUT2D eigenvalue weighted by molar-refractivity contribution is 7.14. The van der Waals surface area contributed by atoms with Crippen LogP contribution in [0.2, 0.25) is 0 Å². The lowest BCUT2D eigenvalue weighted by Crippen LogP contribution is -1.94. The number of nitrogens with zero attached hydrogens (tertiary/aromatic N) is 4. The van der Waals surface area contributed by atoms with Crippen molar-refractivity contribution >= 4 is 33.2 Å². The Labute approximate surface area is 149 Å². The van der Waals surface area contributed by atoms with E-state index in [-0.39, 0.29) is 0 Å². The van der Waals surface area contributed by atoms with Crippen LogP contribution in [-0.4, -0.2) is 26.6 Å². The van der Waals surface area contributed by atoms with Crippen LogP contribution in [0.25, 0.3) is 22.6 Å². The van der Waals surface area contributed by atoms with Gasteiger partial charge in [0.1, 0.15) is 5.69 Å². The number of methoxy groups -OCH3 is 1. The van der Waals surface area contributed by atoms with Gasteiger partial charge in [-0.3, -0.25) is 0 Å². The molecule has 0 aliphatic carbocycles. The van der Waals surface area contributed by atoms with Gasteiger partial charge in [0.25, 0.3) is 0 Å². The fourth-order valence-electron chi connectivity index (χ4n) is 2.67. The van der Waals surface area contributed by atoms with Gasteiger partial charge in [0.15, 0.2) is 11.0 Å². The molecule has 0 unspecified atom stereocenters. The van der Waals surface area contributed by atoms with Crippen molar-refractivity contribution in [3.8, 4) is 17.4 Å². The van der Waals surface area contributed by atoms with Crippen LogP contribution in [-0.2, 0) is 7.05 Å². The molecule has 0 aliphatic rings. The Balaban J connectivity index is 1.63. The maximum atomic E-state index is 5.07. The zero-order chi connectivity index (χ0) is 17.4. The number of aryl methyl sites for hydroxylation is 2. The standard InChI is InChI=1S/C18H17N5OS/c1-11-4-6-15-13(8-11)21-17(23(15)2)14-10-25-18(22-14)20-12-5-7-16(24-3)19-9-12/h4-10H,1-3H3,(H,20,22). The first kappa shape index (κ1) is 15.6. The molecule has 3 heterocycles. The van der Waals surface area contributed by atoms with Crippen molar-refractivity contribution in [2.45, 2.75) is 6.92 Å². The van der Waals surface area contributed by atoms with Gasteiger partial charge in [-0.1, -0.05) is 6.07 Å². The second-order valence-corrected chi connectivity index (χ2v) is 6.60. The molecule has 7 heteroatoms. The molecule has 126 valence electrons. The SMILES string of the molecule is COc1ccc(Nc2nc(-c3nc4cc(C)ccc4n3C)cs2)cn1. The molecule has 0 spiro atoms. The average molecular weight is 351 g/mol. The first-order valence-electron chi connectivity index (χ1n) is 7.80. The van der Waals surface area contributed by atoms with Crippen molar-refractivity contribution < 1.29 is 4.74 Å². The number of nitrogens with one attached hydrogen (secondary N) is 1.